The number of amides is 1. The molecule has 0 spiro atoms. The fourth-order valence-corrected chi connectivity index (χ4v) is 4.34. The van der Waals surface area contributed by atoms with Crippen molar-refractivity contribution < 1.29 is 9.21 Å². The van der Waals surface area contributed by atoms with Crippen molar-refractivity contribution in [2.45, 2.75) is 47.0 Å². The number of hydrazone groups is 1. The summed E-state index contributed by atoms with van der Waals surface area (Å²) < 4.78 is 5.39. The Kier molecular flexibility index (Phi) is 4.63. The number of hydrogen-bond donors (Lipinski definition) is 1. The highest BCUT2D eigenvalue weighted by molar-refractivity contribution is 7.10. The fourth-order valence-electron chi connectivity index (χ4n) is 3.18. The van der Waals surface area contributed by atoms with Crippen LogP contribution >= 0.6 is 11.3 Å². The average Bonchev–Trinajstić information content (AvgIpc) is 3.11. The first kappa shape index (κ1) is 17.0. The highest BCUT2D eigenvalue weighted by atomic mass is 32.1. The van der Waals surface area contributed by atoms with Gasteiger partial charge in [0.2, 0.25) is 0 Å². The molecule has 2 heterocycles. The molecule has 3 rings (SSSR count). The number of thiophene rings is 1. The summed E-state index contributed by atoms with van der Waals surface area (Å²) in [6.45, 7) is 8.78. The summed E-state index contributed by atoms with van der Waals surface area (Å²) in [5.41, 5.74) is 4.91. The van der Waals surface area contributed by atoms with Gasteiger partial charge in [0.15, 0.2) is 0 Å². The molecule has 0 fully saturated rings. The van der Waals surface area contributed by atoms with Gasteiger partial charge in [0.25, 0.3) is 5.91 Å². The molecule has 0 radical (unpaired) electrons. The molecule has 0 saturated carbocycles. The molecule has 0 aromatic carbocycles. The number of furan rings is 1. The van der Waals surface area contributed by atoms with Gasteiger partial charge < -0.3 is 4.42 Å². The van der Waals surface area contributed by atoms with Crippen LogP contribution in [0.1, 0.15) is 59.5 Å². The summed E-state index contributed by atoms with van der Waals surface area (Å²) >= 11 is 1.70. The Labute approximate surface area is 147 Å². The summed E-state index contributed by atoms with van der Waals surface area (Å²) in [6, 6.07) is 3.69. The summed E-state index contributed by atoms with van der Waals surface area (Å²) in [7, 11) is 0. The van der Waals surface area contributed by atoms with Crippen molar-refractivity contribution in [3.8, 4) is 0 Å². The normalized spacial score (nSPS) is 17.9. The third-order valence-electron chi connectivity index (χ3n) is 4.74. The Morgan fingerprint density at radius 1 is 1.42 bits per heavy atom. The quantitative estimate of drug-likeness (QED) is 0.655. The van der Waals surface area contributed by atoms with Gasteiger partial charge in [-0.15, -0.1) is 11.3 Å². The molecular formula is C19H24N2O2S. The lowest BCUT2D eigenvalue weighted by molar-refractivity contribution is 0.0954. The van der Waals surface area contributed by atoms with Crippen LogP contribution in [-0.4, -0.2) is 12.1 Å². The minimum absolute atomic E-state index is 0.138. The van der Waals surface area contributed by atoms with Crippen LogP contribution in [0.4, 0.5) is 0 Å². The largest absolute Gasteiger partial charge is 0.460 e. The van der Waals surface area contributed by atoms with Crippen LogP contribution in [-0.2, 0) is 12.8 Å². The fraction of sp³-hybridized carbons (Fsp3) is 0.474. The number of aryl methyl sites for hydroxylation is 1. The Bertz CT molecular complexity index is 765. The van der Waals surface area contributed by atoms with Crippen molar-refractivity contribution in [1.82, 2.24) is 5.43 Å². The molecule has 0 saturated heterocycles. The highest BCUT2D eigenvalue weighted by Crippen LogP contribution is 2.40. The summed E-state index contributed by atoms with van der Waals surface area (Å²) in [6.07, 6.45) is 4.72. The number of carbonyl (C=O) groups is 1. The second-order valence-electron chi connectivity index (χ2n) is 7.50. The van der Waals surface area contributed by atoms with Gasteiger partial charge >= 0.3 is 0 Å². The van der Waals surface area contributed by atoms with E-state index in [9.17, 15) is 4.79 Å². The van der Waals surface area contributed by atoms with Crippen LogP contribution in [0.5, 0.6) is 0 Å². The molecule has 1 amide bonds. The topological polar surface area (TPSA) is 54.6 Å². The van der Waals surface area contributed by atoms with Crippen LogP contribution in [0, 0.1) is 18.3 Å². The van der Waals surface area contributed by atoms with Crippen molar-refractivity contribution in [1.29, 1.82) is 0 Å². The molecule has 1 aliphatic carbocycles. The first-order valence-corrected chi connectivity index (χ1v) is 9.21. The second-order valence-corrected chi connectivity index (χ2v) is 8.47. The maximum atomic E-state index is 12.4. The van der Waals surface area contributed by atoms with Crippen LogP contribution in [0.3, 0.4) is 0 Å². The third kappa shape index (κ3) is 3.61. The molecular weight excluding hydrogens is 320 g/mol. The lowest BCUT2D eigenvalue weighted by Crippen LogP contribution is -2.27. The average molecular weight is 344 g/mol. The van der Waals surface area contributed by atoms with Crippen molar-refractivity contribution in [3.05, 3.63) is 45.0 Å². The minimum Gasteiger partial charge on any atom is -0.460 e. The number of carbonyl (C=O) groups excluding carboxylic acids is 1. The zero-order valence-corrected chi connectivity index (χ0v) is 15.5. The van der Waals surface area contributed by atoms with E-state index in [4.69, 9.17) is 4.42 Å². The predicted octanol–water partition coefficient (Wildman–Crippen LogP) is 4.56. The molecule has 4 nitrogen and oxygen atoms in total. The Balaban J connectivity index is 1.67. The molecule has 0 bridgehead atoms. The number of hydrogen-bond acceptors (Lipinski definition) is 4. The Morgan fingerprint density at radius 2 is 2.21 bits per heavy atom. The molecule has 24 heavy (non-hydrogen) atoms. The van der Waals surface area contributed by atoms with Crippen LogP contribution < -0.4 is 5.43 Å². The lowest BCUT2D eigenvalue weighted by Gasteiger charge is -2.33. The van der Waals surface area contributed by atoms with Crippen molar-refractivity contribution in [3.63, 3.8) is 0 Å². The summed E-state index contributed by atoms with van der Waals surface area (Å²) in [5, 5.41) is 5.97. The molecule has 128 valence electrons. The van der Waals surface area contributed by atoms with E-state index in [0.29, 0.717) is 17.1 Å². The second kappa shape index (κ2) is 6.55. The van der Waals surface area contributed by atoms with E-state index in [1.54, 1.807) is 11.3 Å². The van der Waals surface area contributed by atoms with E-state index in [2.05, 4.69) is 31.3 Å². The lowest BCUT2D eigenvalue weighted by atomic mass is 9.72. The molecule has 1 atom stereocenters. The zero-order chi connectivity index (χ0) is 17.3. The van der Waals surface area contributed by atoms with Gasteiger partial charge in [-0.2, -0.15) is 5.10 Å². The van der Waals surface area contributed by atoms with Crippen molar-refractivity contribution in [2.24, 2.45) is 16.4 Å². The number of nitrogens with one attached hydrogen (secondary N) is 1. The van der Waals surface area contributed by atoms with Gasteiger partial charge in [-0.1, -0.05) is 20.8 Å². The van der Waals surface area contributed by atoms with Crippen molar-refractivity contribution >= 4 is 23.5 Å². The monoisotopic (exact) mass is 344 g/mol. The molecule has 0 aliphatic heterocycles. The van der Waals surface area contributed by atoms with E-state index in [0.717, 1.165) is 30.6 Å². The van der Waals surface area contributed by atoms with Crippen LogP contribution in [0.2, 0.25) is 0 Å². The van der Waals surface area contributed by atoms with E-state index >= 15 is 0 Å². The molecule has 1 N–H and O–H groups in total. The van der Waals surface area contributed by atoms with E-state index in [1.165, 1.54) is 16.7 Å². The number of nitrogens with zero attached hydrogens (tertiary/aromatic N) is 1. The summed E-state index contributed by atoms with van der Waals surface area (Å²) in [4.78, 5) is 13.8. The predicted molar refractivity (Wildman–Crippen MR) is 97.8 cm³/mol. The minimum atomic E-state index is -0.138. The van der Waals surface area contributed by atoms with Gasteiger partial charge in [0, 0.05) is 10.3 Å². The van der Waals surface area contributed by atoms with E-state index < -0.39 is 0 Å². The molecule has 2 aromatic rings. The molecule has 1 unspecified atom stereocenters. The maximum Gasteiger partial charge on any atom is 0.272 e. The maximum absolute atomic E-state index is 12.4. The van der Waals surface area contributed by atoms with Crippen LogP contribution in [0.25, 0.3) is 0 Å². The standard InChI is InChI=1S/C19H24N2O2S/c1-12-5-7-14(23-12)10-20-21-18(22)16-11-24-17-9-13(19(2,3)4)6-8-15(16)17/h5,7,10-11,13H,6,8-9H2,1-4H3,(H,21,22)/b20-10+. The number of rotatable bonds is 3. The van der Waals surface area contributed by atoms with E-state index in [-0.39, 0.29) is 5.91 Å². The first-order chi connectivity index (χ1) is 11.3. The van der Waals surface area contributed by atoms with Gasteiger partial charge in [-0.25, -0.2) is 5.43 Å². The first-order valence-electron chi connectivity index (χ1n) is 8.33. The number of fused-ring (bicyclic) bond motifs is 1. The molecule has 2 aromatic heterocycles. The van der Waals surface area contributed by atoms with Gasteiger partial charge in [-0.05, 0) is 55.2 Å². The summed E-state index contributed by atoms with van der Waals surface area (Å²) in [5.74, 6) is 2.00. The smallest absolute Gasteiger partial charge is 0.272 e. The van der Waals surface area contributed by atoms with Crippen molar-refractivity contribution in [2.75, 3.05) is 0 Å². The SMILES string of the molecule is Cc1ccc(/C=N/NC(=O)c2csc3c2CCC(C(C)(C)C)C3)o1. The Morgan fingerprint density at radius 3 is 2.88 bits per heavy atom. The molecule has 1 aliphatic rings. The van der Waals surface area contributed by atoms with E-state index in [1.807, 2.05) is 24.4 Å². The molecule has 5 heteroatoms. The highest BCUT2D eigenvalue weighted by Gasteiger charge is 2.31. The Hall–Kier alpha value is -1.88. The van der Waals surface area contributed by atoms with Gasteiger partial charge in [-0.3, -0.25) is 4.79 Å². The zero-order valence-electron chi connectivity index (χ0n) is 14.7. The third-order valence-corrected chi connectivity index (χ3v) is 5.79. The van der Waals surface area contributed by atoms with Gasteiger partial charge in [0.1, 0.15) is 11.5 Å². The van der Waals surface area contributed by atoms with Gasteiger partial charge in [0.05, 0.1) is 11.8 Å². The van der Waals surface area contributed by atoms with Crippen LogP contribution in [0.15, 0.2) is 27.0 Å².